The van der Waals surface area contributed by atoms with Gasteiger partial charge >= 0.3 is 5.97 Å². The number of aromatic carboxylic acids is 1. The maximum absolute atomic E-state index is 11.9. The third kappa shape index (κ3) is 3.36. The molecule has 9 heteroatoms. The second kappa shape index (κ2) is 7.44. The lowest BCUT2D eigenvalue weighted by Gasteiger charge is -2.16. The number of nitro benzene ring substituents is 1. The van der Waals surface area contributed by atoms with Gasteiger partial charge in [-0.25, -0.2) is 4.79 Å². The van der Waals surface area contributed by atoms with Gasteiger partial charge in [0, 0.05) is 41.6 Å². The number of nitrogens with zero attached hydrogens (tertiary/aromatic N) is 4. The summed E-state index contributed by atoms with van der Waals surface area (Å²) < 4.78 is 1.52. The van der Waals surface area contributed by atoms with E-state index in [-0.39, 0.29) is 11.4 Å². The number of hydrogen-bond donors (Lipinski definition) is 2. The topological polar surface area (TPSA) is 137 Å². The molecule has 0 saturated heterocycles. The third-order valence-corrected chi connectivity index (χ3v) is 5.07. The van der Waals surface area contributed by atoms with E-state index in [1.165, 1.54) is 16.8 Å². The van der Waals surface area contributed by atoms with E-state index in [0.717, 1.165) is 11.1 Å². The van der Waals surface area contributed by atoms with Crippen molar-refractivity contribution in [3.63, 3.8) is 0 Å². The zero-order valence-corrected chi connectivity index (χ0v) is 15.5. The van der Waals surface area contributed by atoms with Gasteiger partial charge in [-0.2, -0.15) is 5.10 Å². The first-order valence-electron chi connectivity index (χ1n) is 9.26. The average molecular weight is 393 g/mol. The van der Waals surface area contributed by atoms with Crippen LogP contribution < -0.4 is 5.73 Å². The van der Waals surface area contributed by atoms with Crippen LogP contribution in [0, 0.1) is 10.1 Å². The summed E-state index contributed by atoms with van der Waals surface area (Å²) in [6.45, 7) is 0.879. The number of nitrogens with two attached hydrogens (primary N) is 1. The molecule has 1 aromatic carbocycles. The number of rotatable bonds is 6. The molecule has 0 atom stereocenters. The van der Waals surface area contributed by atoms with E-state index >= 15 is 0 Å². The molecular weight excluding hydrogens is 374 g/mol. The van der Waals surface area contributed by atoms with Gasteiger partial charge < -0.3 is 10.8 Å². The van der Waals surface area contributed by atoms with Gasteiger partial charge in [-0.15, -0.1) is 0 Å². The number of fused-ring (bicyclic) bond motifs is 3. The van der Waals surface area contributed by atoms with Crippen molar-refractivity contribution in [2.24, 2.45) is 5.73 Å². The van der Waals surface area contributed by atoms with Crippen molar-refractivity contribution in [2.75, 3.05) is 6.54 Å². The van der Waals surface area contributed by atoms with Crippen molar-refractivity contribution in [1.82, 2.24) is 14.8 Å². The highest BCUT2D eigenvalue weighted by atomic mass is 16.6. The fourth-order valence-electron chi connectivity index (χ4n) is 3.69. The number of hydrogen-bond acceptors (Lipinski definition) is 6. The maximum atomic E-state index is 11.9. The predicted molar refractivity (Wildman–Crippen MR) is 106 cm³/mol. The van der Waals surface area contributed by atoms with Crippen molar-refractivity contribution in [1.29, 1.82) is 0 Å². The molecule has 1 aliphatic carbocycles. The summed E-state index contributed by atoms with van der Waals surface area (Å²) in [7, 11) is 0. The number of nitro groups is 1. The minimum atomic E-state index is -1.01. The summed E-state index contributed by atoms with van der Waals surface area (Å²) in [5, 5.41) is 25.4. The first-order valence-corrected chi connectivity index (χ1v) is 9.26. The normalized spacial score (nSPS) is 12.3. The van der Waals surface area contributed by atoms with Crippen LogP contribution in [0.5, 0.6) is 0 Å². The van der Waals surface area contributed by atoms with Crippen molar-refractivity contribution >= 4 is 11.7 Å². The molecular formula is C20H19N5O4. The Hall–Kier alpha value is -3.59. The highest BCUT2D eigenvalue weighted by Gasteiger charge is 2.28. The Labute approximate surface area is 166 Å². The Morgan fingerprint density at radius 2 is 2.14 bits per heavy atom. The molecule has 148 valence electrons. The van der Waals surface area contributed by atoms with Crippen LogP contribution in [0.1, 0.15) is 28.0 Å². The lowest BCUT2D eigenvalue weighted by Crippen LogP contribution is -2.14. The van der Waals surface area contributed by atoms with Gasteiger partial charge in [-0.05, 0) is 37.4 Å². The van der Waals surface area contributed by atoms with Crippen molar-refractivity contribution in [2.45, 2.75) is 25.8 Å². The lowest BCUT2D eigenvalue weighted by molar-refractivity contribution is -0.384. The van der Waals surface area contributed by atoms with Crippen molar-refractivity contribution in [3.05, 3.63) is 63.5 Å². The van der Waals surface area contributed by atoms with Crippen LogP contribution >= 0.6 is 0 Å². The lowest BCUT2D eigenvalue weighted by atomic mass is 9.89. The Balaban J connectivity index is 1.83. The minimum absolute atomic E-state index is 0.0121. The largest absolute Gasteiger partial charge is 0.477 e. The summed E-state index contributed by atoms with van der Waals surface area (Å²) in [5.41, 5.74) is 10.1. The molecule has 29 heavy (non-hydrogen) atoms. The Morgan fingerprint density at radius 3 is 2.86 bits per heavy atom. The van der Waals surface area contributed by atoms with Crippen LogP contribution in [0.2, 0.25) is 0 Å². The van der Waals surface area contributed by atoms with Crippen molar-refractivity contribution in [3.8, 4) is 22.5 Å². The highest BCUT2D eigenvalue weighted by molar-refractivity contribution is 5.91. The molecule has 1 aliphatic rings. The summed E-state index contributed by atoms with van der Waals surface area (Å²) in [6.07, 6.45) is 3.60. The van der Waals surface area contributed by atoms with Gasteiger partial charge in [-0.3, -0.25) is 19.8 Å². The molecule has 4 rings (SSSR count). The fraction of sp³-hybridized carbons (Fsp3) is 0.250. The molecule has 0 radical (unpaired) electrons. The van der Waals surface area contributed by atoms with E-state index in [2.05, 4.69) is 10.1 Å². The first-order chi connectivity index (χ1) is 14.0. The van der Waals surface area contributed by atoms with E-state index < -0.39 is 10.9 Å². The molecule has 0 unspecified atom stereocenters. The zero-order valence-electron chi connectivity index (χ0n) is 15.5. The van der Waals surface area contributed by atoms with Gasteiger partial charge in [0.1, 0.15) is 5.69 Å². The highest BCUT2D eigenvalue weighted by Crippen LogP contribution is 2.36. The van der Waals surface area contributed by atoms with Crippen LogP contribution in [0.4, 0.5) is 5.69 Å². The van der Waals surface area contributed by atoms with E-state index in [4.69, 9.17) is 5.73 Å². The standard InChI is InChI=1S/C20H19N5O4/c21-7-2-8-24-19(20(26)27)15-6-5-13-11-22-17(10-16(13)18(15)23-24)12-3-1-4-14(9-12)25(28)29/h1,3-4,9-11H,2,5-8,21H2,(H,26,27). The molecule has 0 amide bonds. The summed E-state index contributed by atoms with van der Waals surface area (Å²) >= 11 is 0. The van der Waals surface area contributed by atoms with Crippen LogP contribution in [0.15, 0.2) is 36.5 Å². The molecule has 0 fully saturated rings. The van der Waals surface area contributed by atoms with Gasteiger partial charge in [0.05, 0.1) is 16.3 Å². The Bertz CT molecular complexity index is 1120. The average Bonchev–Trinajstić information content (AvgIpc) is 3.11. The van der Waals surface area contributed by atoms with Crippen LogP contribution in [0.3, 0.4) is 0 Å². The molecule has 2 heterocycles. The summed E-state index contributed by atoms with van der Waals surface area (Å²) in [6, 6.07) is 8.11. The van der Waals surface area contributed by atoms with E-state index in [0.29, 0.717) is 54.9 Å². The summed E-state index contributed by atoms with van der Waals surface area (Å²) in [5.74, 6) is -1.01. The van der Waals surface area contributed by atoms with Crippen molar-refractivity contribution < 1.29 is 14.8 Å². The van der Waals surface area contributed by atoms with Gasteiger partial charge in [0.15, 0.2) is 0 Å². The third-order valence-electron chi connectivity index (χ3n) is 5.07. The van der Waals surface area contributed by atoms with Gasteiger partial charge in [-0.1, -0.05) is 12.1 Å². The van der Waals surface area contributed by atoms with Crippen LogP contribution in [-0.2, 0) is 19.4 Å². The minimum Gasteiger partial charge on any atom is -0.477 e. The zero-order chi connectivity index (χ0) is 20.5. The first kappa shape index (κ1) is 18.8. The smallest absolute Gasteiger partial charge is 0.354 e. The quantitative estimate of drug-likeness (QED) is 0.485. The monoisotopic (exact) mass is 393 g/mol. The number of carboxylic acids is 1. The van der Waals surface area contributed by atoms with Crippen LogP contribution in [0.25, 0.3) is 22.5 Å². The second-order valence-electron chi connectivity index (χ2n) is 6.88. The Kier molecular flexibility index (Phi) is 4.81. The molecule has 2 aromatic heterocycles. The SMILES string of the molecule is NCCCn1nc2c(c1C(=O)O)CCc1cnc(-c3cccc([N+](=O)[O-])c3)cc1-2. The molecule has 3 aromatic rings. The predicted octanol–water partition coefficient (Wildman–Crippen LogP) is 2.67. The number of non-ortho nitro benzene ring substituents is 1. The number of benzene rings is 1. The molecule has 0 bridgehead atoms. The van der Waals surface area contributed by atoms with Gasteiger partial charge in [0.2, 0.25) is 0 Å². The maximum Gasteiger partial charge on any atom is 0.354 e. The number of carboxylic acid groups (broad SMARTS) is 1. The molecule has 0 spiro atoms. The molecule has 0 saturated carbocycles. The number of aryl methyl sites for hydroxylation is 2. The number of pyridine rings is 1. The summed E-state index contributed by atoms with van der Waals surface area (Å²) in [4.78, 5) is 26.9. The molecule has 9 nitrogen and oxygen atoms in total. The number of carbonyl (C=O) groups is 1. The number of aromatic nitrogens is 3. The van der Waals surface area contributed by atoms with E-state index in [1.54, 1.807) is 18.3 Å². The van der Waals surface area contributed by atoms with Gasteiger partial charge in [0.25, 0.3) is 5.69 Å². The molecule has 0 aliphatic heterocycles. The Morgan fingerprint density at radius 1 is 1.31 bits per heavy atom. The van der Waals surface area contributed by atoms with E-state index in [1.807, 2.05) is 6.07 Å². The van der Waals surface area contributed by atoms with E-state index in [9.17, 15) is 20.0 Å². The molecule has 3 N–H and O–H groups in total. The van der Waals surface area contributed by atoms with Crippen LogP contribution in [-0.4, -0.2) is 37.3 Å². The second-order valence-corrected chi connectivity index (χ2v) is 6.88. The fourth-order valence-corrected chi connectivity index (χ4v) is 3.69.